The summed E-state index contributed by atoms with van der Waals surface area (Å²) in [7, 11) is 1.66. The lowest BCUT2D eigenvalue weighted by Gasteiger charge is -2.51. The summed E-state index contributed by atoms with van der Waals surface area (Å²) in [4.78, 5) is 21.2. The van der Waals surface area contributed by atoms with Crippen LogP contribution in [0.25, 0.3) is 10.9 Å². The van der Waals surface area contributed by atoms with Crippen LogP contribution in [0.4, 0.5) is 4.39 Å². The number of carbonyl (C=O) groups is 1. The van der Waals surface area contributed by atoms with E-state index < -0.39 is 0 Å². The van der Waals surface area contributed by atoms with Gasteiger partial charge in [-0.25, -0.2) is 4.39 Å². The molecule has 1 spiro atoms. The number of nitrogens with one attached hydrogen (secondary N) is 1. The number of fused-ring (bicyclic) bond motifs is 4. The molecule has 3 aliphatic rings. The van der Waals surface area contributed by atoms with Crippen LogP contribution in [0.5, 0.6) is 5.75 Å². The second kappa shape index (κ2) is 9.14. The van der Waals surface area contributed by atoms with Crippen LogP contribution in [0.1, 0.15) is 61.9 Å². The van der Waals surface area contributed by atoms with Gasteiger partial charge in [-0.2, -0.15) is 0 Å². The molecule has 1 unspecified atom stereocenters. The summed E-state index contributed by atoms with van der Waals surface area (Å²) in [6.07, 6.45) is 4.78. The molecule has 1 saturated carbocycles. The molecule has 1 atom stereocenters. The summed E-state index contributed by atoms with van der Waals surface area (Å²) >= 11 is 0. The Bertz CT molecular complexity index is 1320. The van der Waals surface area contributed by atoms with E-state index in [0.717, 1.165) is 54.5 Å². The largest absolute Gasteiger partial charge is 0.497 e. The van der Waals surface area contributed by atoms with E-state index in [1.807, 2.05) is 24.3 Å². The molecule has 37 heavy (non-hydrogen) atoms. The van der Waals surface area contributed by atoms with Crippen LogP contribution in [0, 0.1) is 11.2 Å². The molecule has 3 aromatic rings. The summed E-state index contributed by atoms with van der Waals surface area (Å²) in [5.41, 5.74) is 3.46. The Balaban J connectivity index is 1.40. The van der Waals surface area contributed by atoms with Crippen LogP contribution < -0.4 is 4.74 Å². The van der Waals surface area contributed by atoms with Gasteiger partial charge in [0.05, 0.1) is 19.8 Å². The van der Waals surface area contributed by atoms with Gasteiger partial charge in [-0.3, -0.25) is 9.69 Å². The van der Waals surface area contributed by atoms with Crippen LogP contribution in [0.2, 0.25) is 0 Å². The van der Waals surface area contributed by atoms with Crippen molar-refractivity contribution in [2.75, 3.05) is 33.4 Å². The maximum atomic E-state index is 14.7. The number of piperidine rings is 1. The third-order valence-electron chi connectivity index (χ3n) is 9.33. The molecule has 2 aromatic carbocycles. The Morgan fingerprint density at radius 3 is 2.57 bits per heavy atom. The van der Waals surface area contributed by atoms with Crippen molar-refractivity contribution in [1.82, 2.24) is 14.8 Å². The second-order valence-corrected chi connectivity index (χ2v) is 11.5. The van der Waals surface area contributed by atoms with Gasteiger partial charge in [-0.15, -0.1) is 0 Å². The molecule has 1 aliphatic carbocycles. The monoisotopic (exact) mass is 505 g/mol. The van der Waals surface area contributed by atoms with E-state index in [2.05, 4.69) is 27.8 Å². The lowest BCUT2D eigenvalue weighted by molar-refractivity contribution is -0.148. The van der Waals surface area contributed by atoms with E-state index in [9.17, 15) is 14.3 Å². The zero-order valence-corrected chi connectivity index (χ0v) is 21.7. The minimum absolute atomic E-state index is 0.0650. The number of likely N-dealkylation sites (tertiary alicyclic amines) is 1. The van der Waals surface area contributed by atoms with Crippen molar-refractivity contribution in [2.24, 2.45) is 5.41 Å². The van der Waals surface area contributed by atoms with Crippen molar-refractivity contribution in [3.05, 3.63) is 65.1 Å². The molecular weight excluding hydrogens is 469 g/mol. The molecule has 1 amide bonds. The second-order valence-electron chi connectivity index (χ2n) is 11.5. The highest BCUT2D eigenvalue weighted by Gasteiger charge is 2.50. The predicted octanol–water partition coefficient (Wildman–Crippen LogP) is 4.92. The maximum Gasteiger partial charge on any atom is 0.228 e. The molecule has 2 aliphatic heterocycles. The van der Waals surface area contributed by atoms with Gasteiger partial charge in [-0.05, 0) is 49.4 Å². The molecule has 7 heteroatoms. The number of aliphatic hydroxyl groups is 1. The molecule has 6 rings (SSSR count). The summed E-state index contributed by atoms with van der Waals surface area (Å²) < 4.78 is 20.2. The number of carbonyl (C=O) groups excluding carboxylic acids is 1. The number of halogens is 1. The number of rotatable bonds is 5. The molecular formula is C30H36FN3O3. The van der Waals surface area contributed by atoms with E-state index in [-0.39, 0.29) is 29.3 Å². The van der Waals surface area contributed by atoms with Gasteiger partial charge in [0.15, 0.2) is 0 Å². The van der Waals surface area contributed by atoms with Crippen molar-refractivity contribution in [2.45, 2.75) is 57.0 Å². The normalized spacial score (nSPS) is 22.6. The fraction of sp³-hybridized carbons (Fsp3) is 0.500. The van der Waals surface area contributed by atoms with Crippen molar-refractivity contribution in [3.8, 4) is 5.75 Å². The first-order valence-electron chi connectivity index (χ1n) is 13.5. The number of hydrogen-bond donors (Lipinski definition) is 2. The molecule has 1 aromatic heterocycles. The van der Waals surface area contributed by atoms with Crippen LogP contribution >= 0.6 is 0 Å². The zero-order valence-electron chi connectivity index (χ0n) is 21.7. The summed E-state index contributed by atoms with van der Waals surface area (Å²) in [5.74, 6) is 0.845. The standard InChI is InChI=1S/C30H36FN3O3/c1-29(10-5-11-29)28(36)33-14-12-30(13-15-33)19-34(17-20-6-3-4-7-23(20)31)25(18-35)27-26(30)22-9-8-21(37-2)16-24(22)32-27/h3-4,6-9,16,25,32,35H,5,10-15,17-19H2,1-2H3. The Labute approximate surface area is 217 Å². The average Bonchev–Trinajstić information content (AvgIpc) is 3.28. The number of nitrogens with zero attached hydrogens (tertiary/aromatic N) is 2. The van der Waals surface area contributed by atoms with Crippen molar-refractivity contribution in [1.29, 1.82) is 0 Å². The summed E-state index contributed by atoms with van der Waals surface area (Å²) in [6.45, 7) is 4.60. The third kappa shape index (κ3) is 3.94. The molecule has 0 bridgehead atoms. The van der Waals surface area contributed by atoms with Crippen LogP contribution in [-0.4, -0.2) is 59.1 Å². The third-order valence-corrected chi connectivity index (χ3v) is 9.33. The summed E-state index contributed by atoms with van der Waals surface area (Å²) in [6, 6.07) is 12.7. The van der Waals surface area contributed by atoms with Gasteiger partial charge >= 0.3 is 0 Å². The quantitative estimate of drug-likeness (QED) is 0.517. The van der Waals surface area contributed by atoms with Gasteiger partial charge in [-0.1, -0.05) is 31.5 Å². The van der Waals surface area contributed by atoms with Crippen LogP contribution in [-0.2, 0) is 16.8 Å². The smallest absolute Gasteiger partial charge is 0.228 e. The number of methoxy groups -OCH3 is 1. The number of ether oxygens (including phenoxy) is 1. The zero-order chi connectivity index (χ0) is 25.8. The Morgan fingerprint density at radius 1 is 1.16 bits per heavy atom. The number of aliphatic hydroxyl groups excluding tert-OH is 1. The topological polar surface area (TPSA) is 68.8 Å². The van der Waals surface area contributed by atoms with E-state index in [4.69, 9.17) is 4.74 Å². The Kier molecular flexibility index (Phi) is 6.03. The van der Waals surface area contributed by atoms with E-state index in [1.54, 1.807) is 13.2 Å². The lowest BCUT2D eigenvalue weighted by Crippen LogP contribution is -2.56. The lowest BCUT2D eigenvalue weighted by atomic mass is 9.66. The molecule has 0 radical (unpaired) electrons. The number of aromatic nitrogens is 1. The Morgan fingerprint density at radius 2 is 1.92 bits per heavy atom. The van der Waals surface area contributed by atoms with Gasteiger partial charge in [0.2, 0.25) is 5.91 Å². The molecule has 2 N–H and O–H groups in total. The van der Waals surface area contributed by atoms with Crippen molar-refractivity contribution < 1.29 is 19.0 Å². The van der Waals surface area contributed by atoms with Crippen LogP contribution in [0.3, 0.4) is 0 Å². The Hall–Kier alpha value is -2.90. The average molecular weight is 506 g/mol. The van der Waals surface area contributed by atoms with Crippen molar-refractivity contribution in [3.63, 3.8) is 0 Å². The first kappa shape index (κ1) is 24.4. The predicted molar refractivity (Wildman–Crippen MR) is 141 cm³/mol. The van der Waals surface area contributed by atoms with Crippen molar-refractivity contribution >= 4 is 16.8 Å². The SMILES string of the molecule is COc1ccc2c3c([nH]c2c1)C(CO)N(Cc1ccccc1F)CC31CCN(C(=O)C2(C)CCC2)CC1. The number of aromatic amines is 1. The van der Waals surface area contributed by atoms with Gasteiger partial charge in [0.25, 0.3) is 0 Å². The highest BCUT2D eigenvalue weighted by Crippen LogP contribution is 2.50. The minimum Gasteiger partial charge on any atom is -0.497 e. The van der Waals surface area contributed by atoms with Crippen LogP contribution in [0.15, 0.2) is 42.5 Å². The molecule has 6 nitrogen and oxygen atoms in total. The van der Waals surface area contributed by atoms with E-state index in [1.165, 1.54) is 11.6 Å². The van der Waals surface area contributed by atoms with Gasteiger partial charge in [0.1, 0.15) is 11.6 Å². The fourth-order valence-corrected chi connectivity index (χ4v) is 6.97. The maximum absolute atomic E-state index is 14.7. The van der Waals surface area contributed by atoms with E-state index in [0.29, 0.717) is 37.6 Å². The fourth-order valence-electron chi connectivity index (χ4n) is 6.97. The van der Waals surface area contributed by atoms with E-state index >= 15 is 0 Å². The first-order chi connectivity index (χ1) is 17.9. The molecule has 3 heterocycles. The van der Waals surface area contributed by atoms with Gasteiger partial charge in [0, 0.05) is 65.2 Å². The molecule has 2 fully saturated rings. The highest BCUT2D eigenvalue weighted by atomic mass is 19.1. The molecule has 196 valence electrons. The number of amides is 1. The molecule has 1 saturated heterocycles. The van der Waals surface area contributed by atoms with Gasteiger partial charge < -0.3 is 19.7 Å². The number of hydrogen-bond acceptors (Lipinski definition) is 4. The minimum atomic E-state index is -0.271. The summed E-state index contributed by atoms with van der Waals surface area (Å²) in [5, 5.41) is 11.7. The number of benzene rings is 2. The first-order valence-corrected chi connectivity index (χ1v) is 13.5. The number of H-pyrrole nitrogens is 1. The highest BCUT2D eigenvalue weighted by molar-refractivity contribution is 5.88.